The zero-order valence-electron chi connectivity index (χ0n) is 13.6. The van der Waals surface area contributed by atoms with Gasteiger partial charge in [0, 0.05) is 10.7 Å². The van der Waals surface area contributed by atoms with Crippen molar-refractivity contribution in [2.75, 3.05) is 17.7 Å². The van der Waals surface area contributed by atoms with E-state index < -0.39 is 0 Å². The van der Waals surface area contributed by atoms with Gasteiger partial charge in [-0.25, -0.2) is 0 Å². The third-order valence-electron chi connectivity index (χ3n) is 3.38. The number of ether oxygens (including phenoxy) is 1. The van der Waals surface area contributed by atoms with E-state index in [4.69, 9.17) is 27.9 Å². The highest BCUT2D eigenvalue weighted by Crippen LogP contribution is 2.26. The van der Waals surface area contributed by atoms with E-state index in [0.29, 0.717) is 21.5 Å². The molecular weight excluding hydrogens is 347 g/mol. The smallest absolute Gasteiger partial charge is 0.275 e. The minimum absolute atomic E-state index is 0.289. The zero-order valence-corrected chi connectivity index (χ0v) is 15.1. The molecule has 0 fully saturated rings. The first kappa shape index (κ1) is 18.2. The first-order chi connectivity index (χ1) is 11.4. The molecule has 0 radical (unpaired) electrons. The van der Waals surface area contributed by atoms with E-state index in [-0.39, 0.29) is 11.6 Å². The van der Waals surface area contributed by atoms with Gasteiger partial charge >= 0.3 is 0 Å². The molecule has 2 aromatic carbocycles. The molecule has 2 N–H and O–H groups in total. The molecule has 0 heterocycles. The summed E-state index contributed by atoms with van der Waals surface area (Å²) in [5.41, 5.74) is 2.63. The summed E-state index contributed by atoms with van der Waals surface area (Å²) in [5, 5.41) is 6.70. The molecule has 0 bridgehead atoms. The van der Waals surface area contributed by atoms with Gasteiger partial charge < -0.3 is 15.4 Å². The number of carbonyl (C=O) groups is 1. The normalized spacial score (nSPS) is 11.5. The van der Waals surface area contributed by atoms with Crippen LogP contribution in [-0.4, -0.2) is 13.0 Å². The Labute approximate surface area is 151 Å². The van der Waals surface area contributed by atoms with Crippen molar-refractivity contribution >= 4 is 40.5 Å². The molecule has 24 heavy (non-hydrogen) atoms. The van der Waals surface area contributed by atoms with Gasteiger partial charge in [-0.3, -0.25) is 4.79 Å². The van der Waals surface area contributed by atoms with Gasteiger partial charge in [0.05, 0.1) is 17.8 Å². The number of amides is 1. The Bertz CT molecular complexity index is 771. The predicted molar refractivity (Wildman–Crippen MR) is 99.6 cm³/mol. The lowest BCUT2D eigenvalue weighted by Gasteiger charge is -2.15. The summed E-state index contributed by atoms with van der Waals surface area (Å²) < 4.78 is 5.22. The van der Waals surface area contributed by atoms with E-state index in [9.17, 15) is 4.79 Å². The van der Waals surface area contributed by atoms with Crippen molar-refractivity contribution in [3.05, 3.63) is 69.5 Å². The molecular formula is C18H18Cl2N2O2. The standard InChI is InChI=1S/C18H18Cl2N2O2/c1-11-4-7-14(8-5-11)21-17(12(2)24-3)18(23)22-16-10-13(19)6-9-15(16)20/h4-10,21H,1-3H3,(H,22,23)/b17-12+. The topological polar surface area (TPSA) is 50.4 Å². The number of rotatable bonds is 5. The molecule has 0 atom stereocenters. The molecule has 1 amide bonds. The van der Waals surface area contributed by atoms with Crippen LogP contribution in [0.3, 0.4) is 0 Å². The van der Waals surface area contributed by atoms with Crippen LogP contribution in [0.4, 0.5) is 11.4 Å². The monoisotopic (exact) mass is 364 g/mol. The summed E-state index contributed by atoms with van der Waals surface area (Å²) >= 11 is 12.0. The Morgan fingerprint density at radius 3 is 2.33 bits per heavy atom. The van der Waals surface area contributed by atoms with Gasteiger partial charge in [0.2, 0.25) is 0 Å². The predicted octanol–water partition coefficient (Wildman–Crippen LogP) is 5.23. The van der Waals surface area contributed by atoms with Crippen molar-refractivity contribution < 1.29 is 9.53 Å². The van der Waals surface area contributed by atoms with E-state index in [1.54, 1.807) is 25.1 Å². The Hall–Kier alpha value is -2.17. The van der Waals surface area contributed by atoms with Gasteiger partial charge in [0.1, 0.15) is 11.5 Å². The average Bonchev–Trinajstić information content (AvgIpc) is 2.56. The quantitative estimate of drug-likeness (QED) is 0.563. The summed E-state index contributed by atoms with van der Waals surface area (Å²) in [6, 6.07) is 12.5. The van der Waals surface area contributed by atoms with Crippen LogP contribution in [-0.2, 0) is 9.53 Å². The molecule has 0 aliphatic heterocycles. The largest absolute Gasteiger partial charge is 0.499 e. The molecule has 2 rings (SSSR count). The second kappa shape index (κ2) is 8.08. The number of methoxy groups -OCH3 is 1. The molecule has 0 aliphatic carbocycles. The average molecular weight is 365 g/mol. The molecule has 0 saturated carbocycles. The van der Waals surface area contributed by atoms with Crippen molar-refractivity contribution in [2.24, 2.45) is 0 Å². The maximum atomic E-state index is 12.6. The van der Waals surface area contributed by atoms with Gasteiger partial charge in [-0.1, -0.05) is 40.9 Å². The SMILES string of the molecule is CO/C(C)=C(/Nc1ccc(C)cc1)C(=O)Nc1cc(Cl)ccc1Cl. The lowest BCUT2D eigenvalue weighted by Crippen LogP contribution is -2.22. The van der Waals surface area contributed by atoms with Crippen LogP contribution in [0.25, 0.3) is 0 Å². The van der Waals surface area contributed by atoms with Crippen LogP contribution in [0.2, 0.25) is 10.0 Å². The van der Waals surface area contributed by atoms with Gasteiger partial charge in [-0.15, -0.1) is 0 Å². The van der Waals surface area contributed by atoms with E-state index >= 15 is 0 Å². The summed E-state index contributed by atoms with van der Waals surface area (Å²) in [7, 11) is 1.51. The highest BCUT2D eigenvalue weighted by atomic mass is 35.5. The highest BCUT2D eigenvalue weighted by molar-refractivity contribution is 6.35. The Balaban J connectivity index is 2.26. The lowest BCUT2D eigenvalue weighted by molar-refractivity contribution is -0.112. The number of benzene rings is 2. The highest BCUT2D eigenvalue weighted by Gasteiger charge is 2.16. The fraction of sp³-hybridized carbons (Fsp3) is 0.167. The van der Waals surface area contributed by atoms with E-state index in [1.807, 2.05) is 31.2 Å². The Morgan fingerprint density at radius 2 is 1.71 bits per heavy atom. The van der Waals surface area contributed by atoms with Crippen molar-refractivity contribution in [1.82, 2.24) is 0 Å². The van der Waals surface area contributed by atoms with E-state index in [0.717, 1.165) is 11.3 Å². The Kier molecular flexibility index (Phi) is 6.12. The summed E-state index contributed by atoms with van der Waals surface area (Å²) in [5.74, 6) is 0.0744. The number of allylic oxidation sites excluding steroid dienone is 1. The van der Waals surface area contributed by atoms with Crippen LogP contribution >= 0.6 is 23.2 Å². The summed E-state index contributed by atoms with van der Waals surface area (Å²) in [6.45, 7) is 3.70. The number of hydrogen-bond acceptors (Lipinski definition) is 3. The third-order valence-corrected chi connectivity index (χ3v) is 3.95. The van der Waals surface area contributed by atoms with Crippen molar-refractivity contribution in [3.63, 3.8) is 0 Å². The molecule has 0 saturated heterocycles. The van der Waals surface area contributed by atoms with Gasteiger partial charge in [-0.05, 0) is 44.2 Å². The molecule has 6 heteroatoms. The van der Waals surface area contributed by atoms with Crippen LogP contribution in [0, 0.1) is 6.92 Å². The fourth-order valence-electron chi connectivity index (χ4n) is 1.97. The second-order valence-corrected chi connectivity index (χ2v) is 6.05. The van der Waals surface area contributed by atoms with Crippen molar-refractivity contribution in [1.29, 1.82) is 0 Å². The minimum atomic E-state index is -0.376. The van der Waals surface area contributed by atoms with Crippen LogP contribution < -0.4 is 10.6 Å². The van der Waals surface area contributed by atoms with Crippen molar-refractivity contribution in [3.8, 4) is 0 Å². The Morgan fingerprint density at radius 1 is 1.04 bits per heavy atom. The minimum Gasteiger partial charge on any atom is -0.499 e. The first-order valence-electron chi connectivity index (χ1n) is 7.25. The van der Waals surface area contributed by atoms with Crippen LogP contribution in [0.5, 0.6) is 0 Å². The maximum absolute atomic E-state index is 12.6. The maximum Gasteiger partial charge on any atom is 0.275 e. The number of carbonyl (C=O) groups excluding carboxylic acids is 1. The summed E-state index contributed by atoms with van der Waals surface area (Å²) in [4.78, 5) is 12.6. The van der Waals surface area contributed by atoms with E-state index in [2.05, 4.69) is 10.6 Å². The number of halogens is 2. The van der Waals surface area contributed by atoms with E-state index in [1.165, 1.54) is 7.11 Å². The number of aryl methyl sites for hydroxylation is 1. The molecule has 0 spiro atoms. The van der Waals surface area contributed by atoms with Gasteiger partial charge in [-0.2, -0.15) is 0 Å². The number of nitrogens with one attached hydrogen (secondary N) is 2. The summed E-state index contributed by atoms with van der Waals surface area (Å²) in [6.07, 6.45) is 0. The van der Waals surface area contributed by atoms with Gasteiger partial charge in [0.15, 0.2) is 0 Å². The fourth-order valence-corrected chi connectivity index (χ4v) is 2.30. The third kappa shape index (κ3) is 4.66. The molecule has 126 valence electrons. The number of anilines is 2. The molecule has 4 nitrogen and oxygen atoms in total. The molecule has 2 aromatic rings. The van der Waals surface area contributed by atoms with Crippen LogP contribution in [0.1, 0.15) is 12.5 Å². The molecule has 0 aliphatic rings. The first-order valence-corrected chi connectivity index (χ1v) is 8.01. The number of hydrogen-bond donors (Lipinski definition) is 2. The van der Waals surface area contributed by atoms with Crippen molar-refractivity contribution in [2.45, 2.75) is 13.8 Å². The second-order valence-electron chi connectivity index (χ2n) is 5.20. The van der Waals surface area contributed by atoms with Gasteiger partial charge in [0.25, 0.3) is 5.91 Å². The lowest BCUT2D eigenvalue weighted by atomic mass is 10.2. The molecule has 0 aromatic heterocycles. The molecule has 0 unspecified atom stereocenters. The zero-order chi connectivity index (χ0) is 17.7. The van der Waals surface area contributed by atoms with Crippen LogP contribution in [0.15, 0.2) is 53.9 Å².